The maximum absolute atomic E-state index is 12.5. The van der Waals surface area contributed by atoms with Crippen LogP contribution in [0.2, 0.25) is 0 Å². The fourth-order valence-electron chi connectivity index (χ4n) is 2.72. The quantitative estimate of drug-likeness (QED) is 0.566. The Labute approximate surface area is 148 Å². The monoisotopic (exact) mass is 365 g/mol. The molecule has 1 saturated heterocycles. The maximum atomic E-state index is 12.5. The van der Waals surface area contributed by atoms with E-state index in [-0.39, 0.29) is 6.61 Å². The lowest BCUT2D eigenvalue weighted by Crippen LogP contribution is -2.58. The predicted octanol–water partition coefficient (Wildman–Crippen LogP) is 0.0600. The molecule has 0 radical (unpaired) electrons. The fraction of sp³-hybridized carbons (Fsp3) is 0.938. The van der Waals surface area contributed by atoms with E-state index in [4.69, 9.17) is 18.9 Å². The molecule has 0 aliphatic carbocycles. The molecule has 1 heterocycles. The number of aliphatic hydroxyl groups excluding tert-OH is 3. The SMILES string of the molecule is COC(OC)[C@H](O)[C@H](O)[C@H](O)[C@H]1COC(C)(C)N1C(=O)OC(C)(C)C. The Hall–Kier alpha value is -0.970. The molecular weight excluding hydrogens is 334 g/mol. The van der Waals surface area contributed by atoms with Gasteiger partial charge in [0.15, 0.2) is 6.29 Å². The van der Waals surface area contributed by atoms with Gasteiger partial charge in [0.05, 0.1) is 12.6 Å². The highest BCUT2D eigenvalue weighted by molar-refractivity contribution is 5.70. The number of carbonyl (C=O) groups excluding carboxylic acids is 1. The number of rotatable bonds is 6. The molecule has 1 aliphatic rings. The smallest absolute Gasteiger partial charge is 0.412 e. The van der Waals surface area contributed by atoms with Crippen molar-refractivity contribution in [1.29, 1.82) is 0 Å². The zero-order chi connectivity index (χ0) is 19.6. The molecule has 9 heteroatoms. The van der Waals surface area contributed by atoms with Gasteiger partial charge in [0.2, 0.25) is 0 Å². The van der Waals surface area contributed by atoms with Gasteiger partial charge < -0.3 is 34.3 Å². The minimum Gasteiger partial charge on any atom is -0.444 e. The van der Waals surface area contributed by atoms with Crippen LogP contribution in [0.25, 0.3) is 0 Å². The predicted molar refractivity (Wildman–Crippen MR) is 87.7 cm³/mol. The van der Waals surface area contributed by atoms with Crippen molar-refractivity contribution in [2.24, 2.45) is 0 Å². The molecule has 1 amide bonds. The van der Waals surface area contributed by atoms with Gasteiger partial charge in [-0.25, -0.2) is 4.79 Å². The second-order valence-electron chi connectivity index (χ2n) is 7.49. The molecule has 3 N–H and O–H groups in total. The molecule has 0 spiro atoms. The molecule has 1 aliphatic heterocycles. The van der Waals surface area contributed by atoms with Crippen molar-refractivity contribution < 1.29 is 39.1 Å². The summed E-state index contributed by atoms with van der Waals surface area (Å²) in [5.41, 5.74) is -1.78. The number of aliphatic hydroxyl groups is 3. The third kappa shape index (κ3) is 5.25. The van der Waals surface area contributed by atoms with Gasteiger partial charge in [-0.3, -0.25) is 4.90 Å². The first-order chi connectivity index (χ1) is 11.4. The van der Waals surface area contributed by atoms with Crippen molar-refractivity contribution >= 4 is 6.09 Å². The molecule has 0 saturated carbocycles. The summed E-state index contributed by atoms with van der Waals surface area (Å²) in [6.45, 7) is 8.45. The first-order valence-corrected chi connectivity index (χ1v) is 8.11. The first kappa shape index (κ1) is 22.1. The average molecular weight is 365 g/mol. The lowest BCUT2D eigenvalue weighted by Gasteiger charge is -2.38. The minimum absolute atomic E-state index is 0.0260. The van der Waals surface area contributed by atoms with Gasteiger partial charge in [0, 0.05) is 14.2 Å². The number of hydrogen-bond donors (Lipinski definition) is 3. The van der Waals surface area contributed by atoms with Gasteiger partial charge in [-0.05, 0) is 34.6 Å². The molecule has 9 nitrogen and oxygen atoms in total. The topological polar surface area (TPSA) is 118 Å². The van der Waals surface area contributed by atoms with Gasteiger partial charge in [-0.2, -0.15) is 0 Å². The van der Waals surface area contributed by atoms with E-state index < -0.39 is 48.1 Å². The van der Waals surface area contributed by atoms with Crippen LogP contribution in [0.4, 0.5) is 4.79 Å². The molecule has 4 atom stereocenters. The van der Waals surface area contributed by atoms with Crippen LogP contribution >= 0.6 is 0 Å². The number of ether oxygens (including phenoxy) is 4. The molecule has 0 bridgehead atoms. The van der Waals surface area contributed by atoms with Crippen molar-refractivity contribution in [3.05, 3.63) is 0 Å². The van der Waals surface area contributed by atoms with E-state index in [2.05, 4.69) is 0 Å². The number of nitrogens with zero attached hydrogens (tertiary/aromatic N) is 1. The summed E-state index contributed by atoms with van der Waals surface area (Å²) >= 11 is 0. The van der Waals surface area contributed by atoms with E-state index >= 15 is 0 Å². The summed E-state index contributed by atoms with van der Waals surface area (Å²) < 4.78 is 20.7. The number of hydrogen-bond acceptors (Lipinski definition) is 8. The van der Waals surface area contributed by atoms with Crippen LogP contribution in [0, 0.1) is 0 Å². The zero-order valence-electron chi connectivity index (χ0n) is 15.9. The molecule has 148 valence electrons. The van der Waals surface area contributed by atoms with Crippen molar-refractivity contribution in [2.45, 2.75) is 76.6 Å². The normalized spacial score (nSPS) is 24.3. The van der Waals surface area contributed by atoms with Crippen LogP contribution < -0.4 is 0 Å². The molecule has 1 rings (SSSR count). The molecule has 25 heavy (non-hydrogen) atoms. The second kappa shape index (κ2) is 8.15. The Morgan fingerprint density at radius 2 is 1.68 bits per heavy atom. The molecule has 0 aromatic rings. The van der Waals surface area contributed by atoms with Crippen LogP contribution in [0.3, 0.4) is 0 Å². The van der Waals surface area contributed by atoms with E-state index in [1.54, 1.807) is 34.6 Å². The van der Waals surface area contributed by atoms with E-state index in [1.165, 1.54) is 19.1 Å². The van der Waals surface area contributed by atoms with E-state index in [9.17, 15) is 20.1 Å². The molecule has 0 aromatic carbocycles. The lowest BCUT2D eigenvalue weighted by molar-refractivity contribution is -0.207. The molecule has 0 unspecified atom stereocenters. The summed E-state index contributed by atoms with van der Waals surface area (Å²) in [4.78, 5) is 13.8. The van der Waals surface area contributed by atoms with Gasteiger partial charge in [-0.15, -0.1) is 0 Å². The molecular formula is C16H31NO8. The van der Waals surface area contributed by atoms with Crippen molar-refractivity contribution in [2.75, 3.05) is 20.8 Å². The zero-order valence-corrected chi connectivity index (χ0v) is 15.9. The largest absolute Gasteiger partial charge is 0.444 e. The van der Waals surface area contributed by atoms with Crippen LogP contribution in [-0.2, 0) is 18.9 Å². The van der Waals surface area contributed by atoms with Crippen LogP contribution in [0.1, 0.15) is 34.6 Å². The van der Waals surface area contributed by atoms with Gasteiger partial charge in [0.25, 0.3) is 0 Å². The van der Waals surface area contributed by atoms with Crippen molar-refractivity contribution in [3.8, 4) is 0 Å². The van der Waals surface area contributed by atoms with Gasteiger partial charge >= 0.3 is 6.09 Å². The standard InChI is InChI=1S/C16H31NO8/c1-15(2,3)25-14(21)17-9(8-24-16(17,4)5)10(18)11(19)12(20)13(22-6)23-7/h9-13,18-20H,8H2,1-7H3/t9-,10-,11-,12-/m1/s1. The maximum Gasteiger partial charge on any atom is 0.412 e. The van der Waals surface area contributed by atoms with Crippen LogP contribution in [0.5, 0.6) is 0 Å². The highest BCUT2D eigenvalue weighted by atomic mass is 16.7. The van der Waals surface area contributed by atoms with E-state index in [0.29, 0.717) is 0 Å². The van der Waals surface area contributed by atoms with Crippen LogP contribution in [-0.4, -0.2) is 89.1 Å². The fourth-order valence-corrected chi connectivity index (χ4v) is 2.72. The summed E-state index contributed by atoms with van der Waals surface area (Å²) in [5.74, 6) is 0. The number of carbonyl (C=O) groups is 1. The number of methoxy groups -OCH3 is 2. The molecule has 0 aromatic heterocycles. The van der Waals surface area contributed by atoms with Crippen molar-refractivity contribution in [1.82, 2.24) is 4.90 Å². The lowest BCUT2D eigenvalue weighted by atomic mass is 9.99. The van der Waals surface area contributed by atoms with Gasteiger partial charge in [-0.1, -0.05) is 0 Å². The average Bonchev–Trinajstić information content (AvgIpc) is 2.80. The summed E-state index contributed by atoms with van der Waals surface area (Å²) in [6, 6.07) is -0.913. The summed E-state index contributed by atoms with van der Waals surface area (Å²) in [5, 5.41) is 30.9. The highest BCUT2D eigenvalue weighted by Gasteiger charge is 2.51. The Morgan fingerprint density at radius 3 is 2.12 bits per heavy atom. The van der Waals surface area contributed by atoms with E-state index in [1.807, 2.05) is 0 Å². The second-order valence-corrected chi connectivity index (χ2v) is 7.49. The summed E-state index contributed by atoms with van der Waals surface area (Å²) in [6.07, 6.45) is -6.46. The number of amides is 1. The van der Waals surface area contributed by atoms with Crippen molar-refractivity contribution in [3.63, 3.8) is 0 Å². The Morgan fingerprint density at radius 1 is 1.16 bits per heavy atom. The minimum atomic E-state index is -1.63. The Bertz CT molecular complexity index is 446. The Balaban J connectivity index is 2.98. The highest BCUT2D eigenvalue weighted by Crippen LogP contribution is 2.32. The Kier molecular flexibility index (Phi) is 7.20. The third-order valence-electron chi connectivity index (χ3n) is 3.95. The first-order valence-electron chi connectivity index (χ1n) is 8.11. The third-order valence-corrected chi connectivity index (χ3v) is 3.95. The molecule has 1 fully saturated rings. The van der Waals surface area contributed by atoms with E-state index in [0.717, 1.165) is 0 Å². The summed E-state index contributed by atoms with van der Waals surface area (Å²) in [7, 11) is 2.59. The van der Waals surface area contributed by atoms with Gasteiger partial charge in [0.1, 0.15) is 29.6 Å². The van der Waals surface area contributed by atoms with Crippen LogP contribution in [0.15, 0.2) is 0 Å².